The maximum atomic E-state index is 6.41. The highest BCUT2D eigenvalue weighted by atomic mass is 16.5. The molecule has 0 radical (unpaired) electrons. The summed E-state index contributed by atoms with van der Waals surface area (Å²) >= 11 is 0. The van der Waals surface area contributed by atoms with E-state index < -0.39 is 0 Å². The van der Waals surface area contributed by atoms with Gasteiger partial charge in [-0.15, -0.1) is 0 Å². The highest BCUT2D eigenvalue weighted by Crippen LogP contribution is 2.64. The molecule has 1 saturated heterocycles. The molecule has 3 aliphatic carbocycles. The summed E-state index contributed by atoms with van der Waals surface area (Å²) in [7, 11) is 2.34. The van der Waals surface area contributed by atoms with Crippen LogP contribution in [0.25, 0.3) is 0 Å². The molecule has 27 heavy (non-hydrogen) atoms. The smallest absolute Gasteiger partial charge is 0.122 e. The number of nitrogens with zero attached hydrogens (tertiary/aromatic N) is 2. The van der Waals surface area contributed by atoms with E-state index in [2.05, 4.69) is 36.9 Å². The largest absolute Gasteiger partial charge is 0.490 e. The van der Waals surface area contributed by atoms with Gasteiger partial charge < -0.3 is 9.64 Å². The maximum absolute atomic E-state index is 6.41. The van der Waals surface area contributed by atoms with E-state index in [0.717, 1.165) is 23.5 Å². The lowest BCUT2D eigenvalue weighted by Crippen LogP contribution is -2.55. The zero-order chi connectivity index (χ0) is 18.6. The van der Waals surface area contributed by atoms with Crippen LogP contribution in [0.2, 0.25) is 0 Å². The molecule has 0 spiro atoms. The standard InChI is InChI=1S/C24H34N2O/c1-23-11-7-20-19(16-26(3)22-6-4-5-10-24(20,22)2)21(23)14-18(15-23)27-17-8-12-25-13-9-17/h6,8-9,12-13,18-21H,4-5,7,10-11,14-16H2,1-3H3/t18-,19+,20-,21-,23+,24+/m0/s1. The second kappa shape index (κ2) is 6.25. The van der Waals surface area contributed by atoms with Crippen molar-refractivity contribution in [3.05, 3.63) is 36.3 Å². The van der Waals surface area contributed by atoms with E-state index in [1.54, 1.807) is 5.70 Å². The predicted octanol–water partition coefficient (Wildman–Crippen LogP) is 5.29. The van der Waals surface area contributed by atoms with Crippen molar-refractivity contribution in [2.75, 3.05) is 13.6 Å². The van der Waals surface area contributed by atoms with Gasteiger partial charge in [-0.1, -0.05) is 19.9 Å². The van der Waals surface area contributed by atoms with Crippen molar-refractivity contribution >= 4 is 0 Å². The molecule has 2 saturated carbocycles. The van der Waals surface area contributed by atoms with Crippen LogP contribution in [0, 0.1) is 28.6 Å². The normalized spacial score (nSPS) is 43.4. The van der Waals surface area contributed by atoms with Gasteiger partial charge in [0.15, 0.2) is 0 Å². The van der Waals surface area contributed by atoms with E-state index in [1.807, 2.05) is 24.5 Å². The van der Waals surface area contributed by atoms with Gasteiger partial charge in [0.05, 0.1) is 6.10 Å². The van der Waals surface area contributed by atoms with Gasteiger partial charge in [-0.2, -0.15) is 0 Å². The van der Waals surface area contributed by atoms with E-state index in [-0.39, 0.29) is 0 Å². The number of ether oxygens (including phenoxy) is 1. The van der Waals surface area contributed by atoms with Gasteiger partial charge in [0.25, 0.3) is 0 Å². The fourth-order valence-corrected chi connectivity index (χ4v) is 7.48. The van der Waals surface area contributed by atoms with Crippen molar-refractivity contribution < 1.29 is 4.74 Å². The number of rotatable bonds is 2. The molecule has 6 atom stereocenters. The lowest BCUT2D eigenvalue weighted by molar-refractivity contribution is -0.0620. The maximum Gasteiger partial charge on any atom is 0.122 e. The summed E-state index contributed by atoms with van der Waals surface area (Å²) in [5, 5.41) is 0. The first kappa shape index (κ1) is 17.6. The zero-order valence-corrected chi connectivity index (χ0v) is 17.2. The summed E-state index contributed by atoms with van der Waals surface area (Å²) in [6.07, 6.45) is 15.8. The van der Waals surface area contributed by atoms with Crippen LogP contribution in [-0.2, 0) is 0 Å². The Balaban J connectivity index is 1.40. The third-order valence-corrected chi connectivity index (χ3v) is 8.66. The number of hydrogen-bond donors (Lipinski definition) is 0. The highest BCUT2D eigenvalue weighted by Gasteiger charge is 2.59. The molecule has 4 aliphatic rings. The van der Waals surface area contributed by atoms with Crippen molar-refractivity contribution in [1.82, 2.24) is 9.88 Å². The molecule has 146 valence electrons. The number of fused-ring (bicyclic) bond motifs is 5. The van der Waals surface area contributed by atoms with Gasteiger partial charge in [0.1, 0.15) is 5.75 Å². The molecule has 3 fully saturated rings. The van der Waals surface area contributed by atoms with Crippen LogP contribution in [-0.4, -0.2) is 29.6 Å². The molecule has 1 aromatic rings. The van der Waals surface area contributed by atoms with Gasteiger partial charge in [-0.05, 0) is 80.2 Å². The van der Waals surface area contributed by atoms with Crippen LogP contribution in [0.3, 0.4) is 0 Å². The van der Waals surface area contributed by atoms with Crippen LogP contribution in [0.1, 0.15) is 58.8 Å². The lowest BCUT2D eigenvalue weighted by atomic mass is 9.50. The Hall–Kier alpha value is -1.51. The first-order valence-corrected chi connectivity index (χ1v) is 11.0. The third kappa shape index (κ3) is 2.72. The molecule has 5 rings (SSSR count). The van der Waals surface area contributed by atoms with Gasteiger partial charge >= 0.3 is 0 Å². The molecule has 2 heterocycles. The minimum Gasteiger partial charge on any atom is -0.490 e. The van der Waals surface area contributed by atoms with Crippen LogP contribution in [0.5, 0.6) is 5.75 Å². The monoisotopic (exact) mass is 366 g/mol. The van der Waals surface area contributed by atoms with Crippen LogP contribution < -0.4 is 4.74 Å². The van der Waals surface area contributed by atoms with Gasteiger partial charge in [-0.25, -0.2) is 0 Å². The minimum absolute atomic E-state index is 0.363. The van der Waals surface area contributed by atoms with Crippen LogP contribution >= 0.6 is 0 Å². The quantitative estimate of drug-likeness (QED) is 0.711. The fraction of sp³-hybridized carbons (Fsp3) is 0.708. The molecule has 3 heteroatoms. The second-order valence-electron chi connectivity index (χ2n) is 10.2. The Kier molecular flexibility index (Phi) is 4.07. The van der Waals surface area contributed by atoms with Gasteiger partial charge in [-0.3, -0.25) is 4.98 Å². The summed E-state index contributed by atoms with van der Waals surface area (Å²) < 4.78 is 6.41. The molecule has 0 bridgehead atoms. The summed E-state index contributed by atoms with van der Waals surface area (Å²) in [5.74, 6) is 3.46. The topological polar surface area (TPSA) is 25.4 Å². The molecule has 1 aliphatic heterocycles. The molecular weight excluding hydrogens is 332 g/mol. The van der Waals surface area contributed by atoms with Gasteiger partial charge in [0.2, 0.25) is 0 Å². The Morgan fingerprint density at radius 2 is 1.96 bits per heavy atom. The molecule has 1 aromatic heterocycles. The fourth-order valence-electron chi connectivity index (χ4n) is 7.48. The van der Waals surface area contributed by atoms with Crippen LogP contribution in [0.4, 0.5) is 0 Å². The van der Waals surface area contributed by atoms with Crippen molar-refractivity contribution in [3.63, 3.8) is 0 Å². The average molecular weight is 367 g/mol. The minimum atomic E-state index is 0.363. The zero-order valence-electron chi connectivity index (χ0n) is 17.2. The number of allylic oxidation sites excluding steroid dienone is 2. The summed E-state index contributed by atoms with van der Waals surface area (Å²) in [4.78, 5) is 6.74. The molecule has 3 nitrogen and oxygen atoms in total. The van der Waals surface area contributed by atoms with E-state index in [9.17, 15) is 0 Å². The first-order valence-electron chi connectivity index (χ1n) is 11.0. The predicted molar refractivity (Wildman–Crippen MR) is 108 cm³/mol. The van der Waals surface area contributed by atoms with Crippen molar-refractivity contribution in [2.45, 2.75) is 64.9 Å². The summed E-state index contributed by atoms with van der Waals surface area (Å²) in [6.45, 7) is 6.38. The van der Waals surface area contributed by atoms with E-state index in [1.165, 1.54) is 51.5 Å². The van der Waals surface area contributed by atoms with E-state index in [0.29, 0.717) is 16.9 Å². The molecule has 0 unspecified atom stereocenters. The highest BCUT2D eigenvalue weighted by molar-refractivity contribution is 5.23. The number of hydrogen-bond acceptors (Lipinski definition) is 3. The Morgan fingerprint density at radius 1 is 1.15 bits per heavy atom. The number of piperidine rings is 1. The number of pyridine rings is 1. The average Bonchev–Trinajstić information content (AvgIpc) is 2.99. The van der Waals surface area contributed by atoms with Crippen molar-refractivity contribution in [2.24, 2.45) is 28.6 Å². The van der Waals surface area contributed by atoms with Crippen LogP contribution in [0.15, 0.2) is 36.3 Å². The Labute approximate surface area is 164 Å². The van der Waals surface area contributed by atoms with E-state index in [4.69, 9.17) is 4.74 Å². The molecule has 0 amide bonds. The second-order valence-corrected chi connectivity index (χ2v) is 10.2. The van der Waals surface area contributed by atoms with Crippen molar-refractivity contribution in [1.29, 1.82) is 0 Å². The Bertz CT molecular complexity index is 731. The molecule has 0 aromatic carbocycles. The van der Waals surface area contributed by atoms with Crippen molar-refractivity contribution in [3.8, 4) is 5.75 Å². The number of aromatic nitrogens is 1. The number of likely N-dealkylation sites (tertiary alicyclic amines) is 1. The summed E-state index contributed by atoms with van der Waals surface area (Å²) in [5.41, 5.74) is 2.51. The summed E-state index contributed by atoms with van der Waals surface area (Å²) in [6, 6.07) is 4.00. The first-order chi connectivity index (χ1) is 13.0. The SMILES string of the molecule is CN1C[C@H]2[C@@H]3C[C@H](Oc4ccncc4)C[C@@]3(C)CC[C@@H]2[C@@]2(C)CCCC=C12. The lowest BCUT2D eigenvalue weighted by Gasteiger charge is -2.59. The third-order valence-electron chi connectivity index (χ3n) is 8.66. The molecular formula is C24H34N2O. The Morgan fingerprint density at radius 3 is 2.78 bits per heavy atom. The molecule has 0 N–H and O–H groups in total. The van der Waals surface area contributed by atoms with E-state index >= 15 is 0 Å². The van der Waals surface area contributed by atoms with Gasteiger partial charge in [0, 0.05) is 37.1 Å².